The van der Waals surface area contributed by atoms with Gasteiger partial charge in [-0.1, -0.05) is 18.2 Å². The van der Waals surface area contributed by atoms with E-state index in [-0.39, 0.29) is 11.9 Å². The van der Waals surface area contributed by atoms with E-state index in [0.717, 1.165) is 11.4 Å². The van der Waals surface area contributed by atoms with Crippen LogP contribution < -0.4 is 5.32 Å². The summed E-state index contributed by atoms with van der Waals surface area (Å²) < 4.78 is 15.8. The molecule has 0 amide bonds. The molecule has 0 aliphatic heterocycles. The van der Waals surface area contributed by atoms with Crippen molar-refractivity contribution in [3.8, 4) is 0 Å². The summed E-state index contributed by atoms with van der Waals surface area (Å²) in [5.41, 5.74) is 2.82. The van der Waals surface area contributed by atoms with Crippen LogP contribution in [0.15, 0.2) is 30.6 Å². The summed E-state index contributed by atoms with van der Waals surface area (Å²) in [6.45, 7) is 4.67. The second kappa shape index (κ2) is 5.31. The van der Waals surface area contributed by atoms with Crippen LogP contribution in [-0.2, 0) is 6.54 Å². The number of likely N-dealkylation sites (N-methyl/N-ethyl adjacent to an activating group) is 1. The van der Waals surface area contributed by atoms with Gasteiger partial charge in [0.2, 0.25) is 0 Å². The Labute approximate surface area is 107 Å². The molecule has 2 aromatic rings. The highest BCUT2D eigenvalue weighted by atomic mass is 19.1. The van der Waals surface area contributed by atoms with Crippen LogP contribution in [0.4, 0.5) is 4.39 Å². The normalized spacial score (nSPS) is 12.7. The van der Waals surface area contributed by atoms with Gasteiger partial charge in [-0.15, -0.1) is 0 Å². The number of rotatable bonds is 4. The second-order valence-corrected chi connectivity index (χ2v) is 4.43. The van der Waals surface area contributed by atoms with Gasteiger partial charge in [0.05, 0.1) is 18.1 Å². The van der Waals surface area contributed by atoms with Gasteiger partial charge in [-0.2, -0.15) is 0 Å². The Morgan fingerprint density at radius 3 is 2.61 bits per heavy atom. The van der Waals surface area contributed by atoms with Crippen LogP contribution in [0, 0.1) is 19.7 Å². The Balaban J connectivity index is 2.25. The van der Waals surface area contributed by atoms with E-state index in [9.17, 15) is 4.39 Å². The smallest absolute Gasteiger partial charge is 0.128 e. The van der Waals surface area contributed by atoms with Gasteiger partial charge in [0.15, 0.2) is 0 Å². The molecule has 1 unspecified atom stereocenters. The molecule has 1 heterocycles. The Hall–Kier alpha value is -1.68. The van der Waals surface area contributed by atoms with E-state index in [2.05, 4.69) is 10.3 Å². The van der Waals surface area contributed by atoms with Gasteiger partial charge in [-0.3, -0.25) is 0 Å². The molecule has 1 aromatic carbocycles. The molecule has 96 valence electrons. The lowest BCUT2D eigenvalue weighted by molar-refractivity contribution is 0.469. The number of aromatic nitrogens is 2. The summed E-state index contributed by atoms with van der Waals surface area (Å²) in [5, 5.41) is 3.16. The predicted octanol–water partition coefficient (Wildman–Crippen LogP) is 2.60. The largest absolute Gasteiger partial charge is 0.333 e. The lowest BCUT2D eigenvalue weighted by Crippen LogP contribution is -2.23. The molecule has 1 aromatic heterocycles. The third-order valence-corrected chi connectivity index (χ3v) is 3.35. The number of aryl methyl sites for hydroxylation is 1. The topological polar surface area (TPSA) is 29.9 Å². The average molecular weight is 247 g/mol. The maximum Gasteiger partial charge on any atom is 0.128 e. The van der Waals surface area contributed by atoms with E-state index < -0.39 is 0 Å². The summed E-state index contributed by atoms with van der Waals surface area (Å²) in [6, 6.07) is 6.81. The Bertz CT molecular complexity index is 534. The van der Waals surface area contributed by atoms with Gasteiger partial charge in [-0.05, 0) is 27.0 Å². The minimum absolute atomic E-state index is 0.0569. The van der Waals surface area contributed by atoms with Crippen LogP contribution in [0.1, 0.15) is 23.0 Å². The zero-order chi connectivity index (χ0) is 13.1. The number of imidazole rings is 1. The fourth-order valence-electron chi connectivity index (χ4n) is 2.03. The zero-order valence-corrected chi connectivity index (χ0v) is 10.9. The highest BCUT2D eigenvalue weighted by Crippen LogP contribution is 2.19. The van der Waals surface area contributed by atoms with Gasteiger partial charge in [0.25, 0.3) is 0 Å². The Morgan fingerprint density at radius 1 is 1.33 bits per heavy atom. The number of halogens is 1. The molecule has 0 fully saturated rings. The zero-order valence-electron chi connectivity index (χ0n) is 10.9. The van der Waals surface area contributed by atoms with Crippen molar-refractivity contribution in [3.63, 3.8) is 0 Å². The van der Waals surface area contributed by atoms with Crippen molar-refractivity contribution in [2.75, 3.05) is 7.05 Å². The van der Waals surface area contributed by atoms with Gasteiger partial charge in [0.1, 0.15) is 5.82 Å². The molecule has 0 saturated heterocycles. The molecule has 0 spiro atoms. The minimum Gasteiger partial charge on any atom is -0.333 e. The molecule has 3 nitrogen and oxygen atoms in total. The van der Waals surface area contributed by atoms with E-state index in [0.29, 0.717) is 12.1 Å². The van der Waals surface area contributed by atoms with Crippen molar-refractivity contribution < 1.29 is 4.39 Å². The number of hydrogen-bond donors (Lipinski definition) is 1. The third kappa shape index (κ3) is 2.43. The summed E-state index contributed by atoms with van der Waals surface area (Å²) in [4.78, 5) is 4.26. The van der Waals surface area contributed by atoms with Gasteiger partial charge in [-0.25, -0.2) is 9.37 Å². The van der Waals surface area contributed by atoms with E-state index in [4.69, 9.17) is 0 Å². The van der Waals surface area contributed by atoms with E-state index in [1.54, 1.807) is 12.4 Å². The van der Waals surface area contributed by atoms with E-state index in [1.807, 2.05) is 37.6 Å². The molecule has 0 aliphatic rings. The van der Waals surface area contributed by atoms with Crippen molar-refractivity contribution in [2.24, 2.45) is 0 Å². The molecule has 1 atom stereocenters. The standard InChI is InChI=1S/C14H18FN3/c1-10-11(2)18(9-17-10)8-14(16-3)12-6-4-5-7-13(12)15/h4-7,9,14,16H,8H2,1-3H3. The number of benzene rings is 1. The molecule has 18 heavy (non-hydrogen) atoms. The van der Waals surface area contributed by atoms with Gasteiger partial charge in [0, 0.05) is 17.8 Å². The van der Waals surface area contributed by atoms with Crippen LogP contribution in [0.25, 0.3) is 0 Å². The summed E-state index contributed by atoms with van der Waals surface area (Å²) >= 11 is 0. The molecular formula is C14H18FN3. The molecule has 0 aliphatic carbocycles. The highest BCUT2D eigenvalue weighted by molar-refractivity contribution is 5.21. The maximum atomic E-state index is 13.8. The van der Waals surface area contributed by atoms with Gasteiger partial charge < -0.3 is 9.88 Å². The van der Waals surface area contributed by atoms with Crippen LogP contribution >= 0.6 is 0 Å². The van der Waals surface area contributed by atoms with Crippen LogP contribution in [0.5, 0.6) is 0 Å². The first-order chi connectivity index (χ1) is 8.63. The summed E-state index contributed by atoms with van der Waals surface area (Å²) in [6.07, 6.45) is 1.80. The molecule has 0 radical (unpaired) electrons. The minimum atomic E-state index is -0.175. The fraction of sp³-hybridized carbons (Fsp3) is 0.357. The number of nitrogens with zero attached hydrogens (tertiary/aromatic N) is 2. The van der Waals surface area contributed by atoms with Crippen LogP contribution in [0.3, 0.4) is 0 Å². The molecule has 0 saturated carbocycles. The van der Waals surface area contributed by atoms with Crippen molar-refractivity contribution >= 4 is 0 Å². The quantitative estimate of drug-likeness (QED) is 0.900. The van der Waals surface area contributed by atoms with Gasteiger partial charge >= 0.3 is 0 Å². The Kier molecular flexibility index (Phi) is 3.77. The maximum absolute atomic E-state index is 13.8. The van der Waals surface area contributed by atoms with Crippen LogP contribution in [0.2, 0.25) is 0 Å². The first kappa shape index (κ1) is 12.8. The average Bonchev–Trinajstić information content (AvgIpc) is 2.68. The van der Waals surface area contributed by atoms with E-state index in [1.165, 1.54) is 6.07 Å². The molecular weight excluding hydrogens is 229 g/mol. The van der Waals surface area contributed by atoms with Crippen LogP contribution in [-0.4, -0.2) is 16.6 Å². The predicted molar refractivity (Wildman–Crippen MR) is 69.9 cm³/mol. The molecule has 2 rings (SSSR count). The number of nitrogens with one attached hydrogen (secondary N) is 1. The molecule has 0 bridgehead atoms. The summed E-state index contributed by atoms with van der Waals surface area (Å²) in [7, 11) is 1.84. The van der Waals surface area contributed by atoms with Crippen molar-refractivity contribution in [1.29, 1.82) is 0 Å². The lowest BCUT2D eigenvalue weighted by atomic mass is 10.1. The first-order valence-electron chi connectivity index (χ1n) is 6.03. The monoisotopic (exact) mass is 247 g/mol. The SMILES string of the molecule is CNC(Cn1cnc(C)c1C)c1ccccc1F. The second-order valence-electron chi connectivity index (χ2n) is 4.43. The molecule has 4 heteroatoms. The summed E-state index contributed by atoms with van der Waals surface area (Å²) in [5.74, 6) is -0.175. The van der Waals surface area contributed by atoms with Crippen molar-refractivity contribution in [3.05, 3.63) is 53.4 Å². The van der Waals surface area contributed by atoms with Crippen molar-refractivity contribution in [1.82, 2.24) is 14.9 Å². The highest BCUT2D eigenvalue weighted by Gasteiger charge is 2.15. The van der Waals surface area contributed by atoms with Crippen molar-refractivity contribution in [2.45, 2.75) is 26.4 Å². The molecule has 1 N–H and O–H groups in total. The lowest BCUT2D eigenvalue weighted by Gasteiger charge is -2.18. The Morgan fingerprint density at radius 2 is 2.06 bits per heavy atom. The first-order valence-corrected chi connectivity index (χ1v) is 6.03. The number of hydrogen-bond acceptors (Lipinski definition) is 2. The fourth-order valence-corrected chi connectivity index (χ4v) is 2.03. The van der Waals surface area contributed by atoms with E-state index >= 15 is 0 Å². The third-order valence-electron chi connectivity index (χ3n) is 3.35.